The largest absolute Gasteiger partial charge is 0.454 e. The Balaban J connectivity index is 1.53. The Labute approximate surface area is 198 Å². The summed E-state index contributed by atoms with van der Waals surface area (Å²) in [6.45, 7) is 2.12. The van der Waals surface area contributed by atoms with Crippen LogP contribution in [0, 0.1) is 10.1 Å². The highest BCUT2D eigenvalue weighted by Crippen LogP contribution is 2.35. The van der Waals surface area contributed by atoms with Gasteiger partial charge in [-0.1, -0.05) is 11.8 Å². The van der Waals surface area contributed by atoms with E-state index in [1.165, 1.54) is 43.0 Å². The zero-order valence-electron chi connectivity index (χ0n) is 18.2. The Hall–Kier alpha value is -3.93. The van der Waals surface area contributed by atoms with Crippen LogP contribution in [0.3, 0.4) is 0 Å². The number of hydrogen-bond acceptors (Lipinski definition) is 9. The van der Waals surface area contributed by atoms with Crippen LogP contribution in [0.1, 0.15) is 29.5 Å². The van der Waals surface area contributed by atoms with Gasteiger partial charge in [0.1, 0.15) is 5.82 Å². The lowest BCUT2D eigenvalue weighted by Crippen LogP contribution is -2.21. The lowest BCUT2D eigenvalue weighted by Gasteiger charge is -2.11. The number of benzene rings is 2. The highest BCUT2D eigenvalue weighted by atomic mass is 32.2. The second-order valence-corrected chi connectivity index (χ2v) is 8.32. The Bertz CT molecular complexity index is 1230. The highest BCUT2D eigenvalue weighted by Gasteiger charge is 2.20. The van der Waals surface area contributed by atoms with Gasteiger partial charge in [-0.15, -0.1) is 10.2 Å². The Kier molecular flexibility index (Phi) is 7.07. The van der Waals surface area contributed by atoms with Crippen LogP contribution in [0.25, 0.3) is 5.69 Å². The topological polar surface area (TPSA) is 138 Å². The number of carbonyl (C=O) groups excluding carboxylic acids is 2. The lowest BCUT2D eigenvalue weighted by molar-refractivity contribution is -0.384. The number of rotatable bonds is 10. The molecule has 1 N–H and O–H groups in total. The first-order valence-electron chi connectivity index (χ1n) is 10.4. The van der Waals surface area contributed by atoms with E-state index in [4.69, 9.17) is 9.47 Å². The van der Waals surface area contributed by atoms with E-state index in [2.05, 4.69) is 15.5 Å². The average Bonchev–Trinajstić information content (AvgIpc) is 3.46. The van der Waals surface area contributed by atoms with Crippen LogP contribution in [0.4, 0.5) is 5.69 Å². The summed E-state index contributed by atoms with van der Waals surface area (Å²) in [5.74, 6) is 1.71. The second kappa shape index (κ2) is 10.3. The van der Waals surface area contributed by atoms with Crippen molar-refractivity contribution in [2.75, 3.05) is 19.1 Å². The van der Waals surface area contributed by atoms with Crippen LogP contribution < -0.4 is 14.8 Å². The molecule has 1 aromatic heterocycles. The molecule has 2 heterocycles. The van der Waals surface area contributed by atoms with Crippen LogP contribution in [-0.2, 0) is 11.2 Å². The number of fused-ring (bicyclic) bond motifs is 1. The van der Waals surface area contributed by atoms with Gasteiger partial charge in [0.15, 0.2) is 22.4 Å². The van der Waals surface area contributed by atoms with Crippen LogP contribution in [0.15, 0.2) is 47.6 Å². The Morgan fingerprint density at radius 2 is 1.91 bits per heavy atom. The number of Topliss-reactive ketones (excluding diaryl/α,β-unsaturated/α-hetero) is 1. The van der Waals surface area contributed by atoms with Crippen LogP contribution in [0.5, 0.6) is 11.5 Å². The number of nitro benzene ring substituents is 1. The summed E-state index contributed by atoms with van der Waals surface area (Å²) in [4.78, 5) is 34.1. The van der Waals surface area contributed by atoms with E-state index in [0.717, 1.165) is 5.69 Å². The lowest BCUT2D eigenvalue weighted by atomic mass is 10.1. The molecular formula is C22H21N5O6S. The maximum atomic E-state index is 12.7. The number of non-ortho nitro benzene ring substituents is 1. The summed E-state index contributed by atoms with van der Waals surface area (Å²) < 4.78 is 12.7. The van der Waals surface area contributed by atoms with Crippen LogP contribution in [0.2, 0.25) is 0 Å². The quantitative estimate of drug-likeness (QED) is 0.152. The normalized spacial score (nSPS) is 11.9. The number of hydrogen-bond donors (Lipinski definition) is 1. The number of aromatic nitrogens is 3. The molecular weight excluding hydrogens is 462 g/mol. The van der Waals surface area contributed by atoms with E-state index in [1.54, 1.807) is 6.07 Å². The fourth-order valence-electron chi connectivity index (χ4n) is 3.33. The Morgan fingerprint density at radius 1 is 1.15 bits per heavy atom. The van der Waals surface area contributed by atoms with Gasteiger partial charge in [0.2, 0.25) is 12.7 Å². The zero-order chi connectivity index (χ0) is 24.1. The number of nitrogens with zero attached hydrogens (tertiary/aromatic N) is 4. The maximum Gasteiger partial charge on any atom is 0.269 e. The molecule has 11 nitrogen and oxygen atoms in total. The van der Waals surface area contributed by atoms with Crippen molar-refractivity contribution in [3.8, 4) is 17.2 Å². The standard InChI is InChI=1S/C22H21N5O6S/c1-14(28)23-10-2-3-21-24-25-22(26(21)17-8-9-19-20(11-17)33-13-32-19)34-12-18(29)15-4-6-16(7-5-15)27(30)31/h4-9,11H,2-3,10,12-13H2,1H3,(H,23,28). The SMILES string of the molecule is CC(=O)NCCCc1nnc(SCC(=O)c2ccc([N+](=O)[O-])cc2)n1-c1ccc2c(c1)OCO2. The first kappa shape index (κ1) is 23.2. The number of carbonyl (C=O) groups is 2. The van der Waals surface area contributed by atoms with Gasteiger partial charge < -0.3 is 14.8 Å². The molecule has 0 saturated carbocycles. The summed E-state index contributed by atoms with van der Waals surface area (Å²) in [6.07, 6.45) is 1.22. The second-order valence-electron chi connectivity index (χ2n) is 7.37. The van der Waals surface area contributed by atoms with E-state index < -0.39 is 4.92 Å². The summed E-state index contributed by atoms with van der Waals surface area (Å²) in [7, 11) is 0. The van der Waals surface area contributed by atoms with Gasteiger partial charge in [-0.05, 0) is 30.7 Å². The molecule has 0 saturated heterocycles. The van der Waals surface area contributed by atoms with Crippen molar-refractivity contribution < 1.29 is 24.0 Å². The van der Waals surface area contributed by atoms with Gasteiger partial charge in [0.25, 0.3) is 5.69 Å². The maximum absolute atomic E-state index is 12.7. The minimum Gasteiger partial charge on any atom is -0.454 e. The summed E-state index contributed by atoms with van der Waals surface area (Å²) >= 11 is 1.22. The smallest absolute Gasteiger partial charge is 0.269 e. The molecule has 1 amide bonds. The van der Waals surface area contributed by atoms with Crippen LogP contribution >= 0.6 is 11.8 Å². The zero-order valence-corrected chi connectivity index (χ0v) is 19.0. The molecule has 0 unspecified atom stereocenters. The first-order valence-corrected chi connectivity index (χ1v) is 11.4. The number of aryl methyl sites for hydroxylation is 1. The third kappa shape index (κ3) is 5.34. The number of ketones is 1. The van der Waals surface area contributed by atoms with Crippen molar-refractivity contribution in [3.63, 3.8) is 0 Å². The fraction of sp³-hybridized carbons (Fsp3) is 0.273. The summed E-state index contributed by atoms with van der Waals surface area (Å²) in [6, 6.07) is 11.0. The average molecular weight is 484 g/mol. The van der Waals surface area contributed by atoms with Gasteiger partial charge >= 0.3 is 0 Å². The number of nitro groups is 1. The van der Waals surface area contributed by atoms with Gasteiger partial charge in [-0.25, -0.2) is 0 Å². The predicted molar refractivity (Wildman–Crippen MR) is 123 cm³/mol. The van der Waals surface area contributed by atoms with E-state index in [1.807, 2.05) is 16.7 Å². The number of thioether (sulfide) groups is 1. The third-order valence-electron chi connectivity index (χ3n) is 5.00. The molecule has 176 valence electrons. The number of nitrogens with one attached hydrogen (secondary N) is 1. The molecule has 4 rings (SSSR count). The van der Waals surface area contributed by atoms with Crippen molar-refractivity contribution >= 4 is 29.1 Å². The van der Waals surface area contributed by atoms with E-state index in [0.29, 0.717) is 47.4 Å². The molecule has 12 heteroatoms. The molecule has 0 atom stereocenters. The molecule has 34 heavy (non-hydrogen) atoms. The molecule has 0 fully saturated rings. The molecule has 1 aliphatic heterocycles. The summed E-state index contributed by atoms with van der Waals surface area (Å²) in [5, 5.41) is 22.7. The minimum absolute atomic E-state index is 0.0735. The minimum atomic E-state index is -0.510. The first-order chi connectivity index (χ1) is 16.4. The molecule has 1 aliphatic rings. The van der Waals surface area contributed by atoms with E-state index >= 15 is 0 Å². The molecule has 0 aliphatic carbocycles. The summed E-state index contributed by atoms with van der Waals surface area (Å²) in [5.41, 5.74) is 1.06. The molecule has 3 aromatic rings. The number of amides is 1. The highest BCUT2D eigenvalue weighted by molar-refractivity contribution is 7.99. The van der Waals surface area contributed by atoms with E-state index in [9.17, 15) is 19.7 Å². The van der Waals surface area contributed by atoms with Crippen molar-refractivity contribution in [2.45, 2.75) is 24.9 Å². The van der Waals surface area contributed by atoms with E-state index in [-0.39, 0.29) is 29.9 Å². The van der Waals surface area contributed by atoms with Crippen molar-refractivity contribution in [2.24, 2.45) is 0 Å². The third-order valence-corrected chi connectivity index (χ3v) is 5.93. The van der Waals surface area contributed by atoms with Gasteiger partial charge in [-0.2, -0.15) is 0 Å². The predicted octanol–water partition coefficient (Wildman–Crippen LogP) is 2.95. The van der Waals surface area contributed by atoms with Crippen LogP contribution in [-0.4, -0.2) is 50.5 Å². The fourth-order valence-corrected chi connectivity index (χ4v) is 4.20. The van der Waals surface area contributed by atoms with Gasteiger partial charge in [0, 0.05) is 43.7 Å². The monoisotopic (exact) mass is 483 g/mol. The van der Waals surface area contributed by atoms with Crippen molar-refractivity contribution in [1.82, 2.24) is 20.1 Å². The van der Waals surface area contributed by atoms with Crippen molar-refractivity contribution in [1.29, 1.82) is 0 Å². The Morgan fingerprint density at radius 3 is 2.65 bits per heavy atom. The molecule has 0 bridgehead atoms. The molecule has 2 aromatic carbocycles. The number of ether oxygens (including phenoxy) is 2. The van der Waals surface area contributed by atoms with Gasteiger partial charge in [0.05, 0.1) is 16.4 Å². The molecule has 0 radical (unpaired) electrons. The van der Waals surface area contributed by atoms with Gasteiger partial charge in [-0.3, -0.25) is 24.3 Å². The molecule has 0 spiro atoms. The van der Waals surface area contributed by atoms with Crippen molar-refractivity contribution in [3.05, 3.63) is 64.0 Å².